The SMILES string of the molecule is Cc1[nH]nc(N)c1-c1cc(S(=O)(=O)O)ccc1Cl. The number of aryl methyl sites for hydroxylation is 1. The van der Waals surface area contributed by atoms with Crippen LogP contribution >= 0.6 is 11.6 Å². The molecule has 0 bridgehead atoms. The van der Waals surface area contributed by atoms with Gasteiger partial charge >= 0.3 is 0 Å². The summed E-state index contributed by atoms with van der Waals surface area (Å²) in [5.74, 6) is 0.210. The van der Waals surface area contributed by atoms with Crippen molar-refractivity contribution in [2.24, 2.45) is 0 Å². The second-order valence-electron chi connectivity index (χ2n) is 3.73. The van der Waals surface area contributed by atoms with Crippen LogP contribution in [0.1, 0.15) is 5.69 Å². The predicted molar refractivity (Wildman–Crippen MR) is 68.0 cm³/mol. The number of nitrogens with two attached hydrogens (primary N) is 1. The second-order valence-corrected chi connectivity index (χ2v) is 5.55. The van der Waals surface area contributed by atoms with Crippen molar-refractivity contribution in [3.05, 3.63) is 28.9 Å². The molecule has 2 rings (SSSR count). The van der Waals surface area contributed by atoms with E-state index in [2.05, 4.69) is 10.2 Å². The maximum atomic E-state index is 11.1. The summed E-state index contributed by atoms with van der Waals surface area (Å²) in [6.45, 7) is 1.73. The number of halogens is 1. The smallest absolute Gasteiger partial charge is 0.294 e. The summed E-state index contributed by atoms with van der Waals surface area (Å²) in [7, 11) is -4.29. The number of aromatic amines is 1. The van der Waals surface area contributed by atoms with Crippen molar-refractivity contribution in [2.75, 3.05) is 5.73 Å². The number of anilines is 1. The zero-order chi connectivity index (χ0) is 13.5. The topological polar surface area (TPSA) is 109 Å². The van der Waals surface area contributed by atoms with Crippen LogP contribution in [0.2, 0.25) is 5.02 Å². The van der Waals surface area contributed by atoms with E-state index in [1.165, 1.54) is 18.2 Å². The molecule has 0 atom stereocenters. The Morgan fingerprint density at radius 3 is 2.61 bits per heavy atom. The first-order valence-corrected chi connectivity index (χ1v) is 6.70. The molecule has 96 valence electrons. The van der Waals surface area contributed by atoms with Crippen molar-refractivity contribution in [3.8, 4) is 11.1 Å². The Balaban J connectivity index is 2.72. The van der Waals surface area contributed by atoms with Crippen molar-refractivity contribution in [1.29, 1.82) is 0 Å². The minimum atomic E-state index is -4.29. The van der Waals surface area contributed by atoms with Gasteiger partial charge in [0.25, 0.3) is 10.1 Å². The highest BCUT2D eigenvalue weighted by atomic mass is 35.5. The molecule has 6 nitrogen and oxygen atoms in total. The van der Waals surface area contributed by atoms with E-state index < -0.39 is 10.1 Å². The van der Waals surface area contributed by atoms with E-state index in [0.717, 1.165) is 0 Å². The average molecular weight is 288 g/mol. The minimum Gasteiger partial charge on any atom is -0.382 e. The number of nitrogens with one attached hydrogen (secondary N) is 1. The summed E-state index contributed by atoms with van der Waals surface area (Å²) in [6.07, 6.45) is 0. The summed E-state index contributed by atoms with van der Waals surface area (Å²) in [5.41, 5.74) is 7.26. The van der Waals surface area contributed by atoms with Crippen molar-refractivity contribution in [1.82, 2.24) is 10.2 Å². The van der Waals surface area contributed by atoms with E-state index >= 15 is 0 Å². The first-order chi connectivity index (χ1) is 8.30. The minimum absolute atomic E-state index is 0.210. The number of aromatic nitrogens is 2. The molecule has 0 radical (unpaired) electrons. The van der Waals surface area contributed by atoms with Crippen LogP contribution in [0, 0.1) is 6.92 Å². The number of rotatable bonds is 2. The first kappa shape index (κ1) is 12.9. The van der Waals surface area contributed by atoms with Gasteiger partial charge in [-0.3, -0.25) is 9.65 Å². The zero-order valence-corrected chi connectivity index (χ0v) is 10.9. The Labute approximate surface area is 109 Å². The lowest BCUT2D eigenvalue weighted by Gasteiger charge is -2.06. The van der Waals surface area contributed by atoms with Crippen LogP contribution in [0.4, 0.5) is 5.82 Å². The molecule has 1 aromatic heterocycles. The fraction of sp³-hybridized carbons (Fsp3) is 0.100. The molecule has 1 aromatic carbocycles. The molecule has 0 saturated carbocycles. The van der Waals surface area contributed by atoms with Gasteiger partial charge in [-0.15, -0.1) is 0 Å². The highest BCUT2D eigenvalue weighted by Crippen LogP contribution is 2.34. The van der Waals surface area contributed by atoms with Gasteiger partial charge in [-0.1, -0.05) is 11.6 Å². The Morgan fingerprint density at radius 1 is 1.44 bits per heavy atom. The van der Waals surface area contributed by atoms with E-state index in [1.54, 1.807) is 6.92 Å². The Morgan fingerprint density at radius 2 is 2.11 bits per heavy atom. The van der Waals surface area contributed by atoms with Gasteiger partial charge in [0.05, 0.1) is 4.90 Å². The summed E-state index contributed by atoms with van der Waals surface area (Å²) in [5, 5.41) is 6.80. The lowest BCUT2D eigenvalue weighted by molar-refractivity contribution is 0.483. The molecular formula is C10H10ClN3O3S. The highest BCUT2D eigenvalue weighted by Gasteiger charge is 2.17. The molecule has 0 fully saturated rings. The van der Waals surface area contributed by atoms with Gasteiger partial charge < -0.3 is 5.73 Å². The van der Waals surface area contributed by atoms with Crippen LogP contribution in [0.15, 0.2) is 23.1 Å². The van der Waals surface area contributed by atoms with Crippen molar-refractivity contribution < 1.29 is 13.0 Å². The molecule has 18 heavy (non-hydrogen) atoms. The van der Waals surface area contributed by atoms with Gasteiger partial charge in [0.2, 0.25) is 0 Å². The summed E-state index contributed by atoms with van der Waals surface area (Å²) < 4.78 is 31.2. The summed E-state index contributed by atoms with van der Waals surface area (Å²) in [6, 6.07) is 3.85. The van der Waals surface area contributed by atoms with E-state index in [1.807, 2.05) is 0 Å². The molecule has 0 amide bonds. The molecule has 0 spiro atoms. The molecule has 0 unspecified atom stereocenters. The molecule has 0 aliphatic rings. The van der Waals surface area contributed by atoms with Crippen molar-refractivity contribution in [2.45, 2.75) is 11.8 Å². The predicted octanol–water partition coefficient (Wildman–Crippen LogP) is 1.87. The highest BCUT2D eigenvalue weighted by molar-refractivity contribution is 7.85. The molecule has 0 saturated heterocycles. The van der Waals surface area contributed by atoms with Crippen molar-refractivity contribution in [3.63, 3.8) is 0 Å². The third-order valence-electron chi connectivity index (χ3n) is 2.48. The third-order valence-corrected chi connectivity index (χ3v) is 3.66. The maximum absolute atomic E-state index is 11.1. The van der Waals surface area contributed by atoms with Gasteiger partial charge in [-0.2, -0.15) is 13.5 Å². The number of benzene rings is 1. The standard InChI is InChI=1S/C10H10ClN3O3S/c1-5-9(10(12)14-13-5)7-4-6(18(15,16)17)2-3-8(7)11/h2-4H,1H3,(H3,12,13,14)(H,15,16,17). The zero-order valence-electron chi connectivity index (χ0n) is 9.31. The van der Waals surface area contributed by atoms with E-state index in [0.29, 0.717) is 21.8 Å². The van der Waals surface area contributed by atoms with Crippen LogP contribution < -0.4 is 5.73 Å². The lowest BCUT2D eigenvalue weighted by atomic mass is 10.1. The molecule has 8 heteroatoms. The fourth-order valence-electron chi connectivity index (χ4n) is 1.64. The Hall–Kier alpha value is -1.57. The Kier molecular flexibility index (Phi) is 3.05. The quantitative estimate of drug-likeness (QED) is 0.731. The Bertz CT molecular complexity index is 690. The van der Waals surface area contributed by atoms with Gasteiger partial charge in [-0.05, 0) is 25.1 Å². The number of H-pyrrole nitrogens is 1. The molecule has 4 N–H and O–H groups in total. The van der Waals surface area contributed by atoms with Crippen LogP contribution in [0.25, 0.3) is 11.1 Å². The van der Waals surface area contributed by atoms with E-state index in [9.17, 15) is 8.42 Å². The van der Waals surface area contributed by atoms with E-state index in [-0.39, 0.29) is 10.7 Å². The van der Waals surface area contributed by atoms with Gasteiger partial charge in [0.15, 0.2) is 5.82 Å². The maximum Gasteiger partial charge on any atom is 0.294 e. The van der Waals surface area contributed by atoms with Gasteiger partial charge in [-0.25, -0.2) is 0 Å². The molecule has 0 aliphatic heterocycles. The van der Waals surface area contributed by atoms with Crippen LogP contribution in [-0.4, -0.2) is 23.2 Å². The third kappa shape index (κ3) is 2.20. The van der Waals surface area contributed by atoms with E-state index in [4.69, 9.17) is 21.9 Å². The normalized spacial score (nSPS) is 11.7. The first-order valence-electron chi connectivity index (χ1n) is 4.88. The molecule has 0 aliphatic carbocycles. The van der Waals surface area contributed by atoms with Crippen LogP contribution in [-0.2, 0) is 10.1 Å². The van der Waals surface area contributed by atoms with Crippen LogP contribution in [0.5, 0.6) is 0 Å². The number of nitrogen functional groups attached to an aromatic ring is 1. The summed E-state index contributed by atoms with van der Waals surface area (Å²) in [4.78, 5) is -0.248. The second kappa shape index (κ2) is 4.27. The summed E-state index contributed by atoms with van der Waals surface area (Å²) >= 11 is 6.01. The van der Waals surface area contributed by atoms with Gasteiger partial charge in [0.1, 0.15) is 0 Å². The number of nitrogens with zero attached hydrogens (tertiary/aromatic N) is 1. The fourth-order valence-corrected chi connectivity index (χ4v) is 2.36. The molecule has 1 heterocycles. The number of hydrogen-bond acceptors (Lipinski definition) is 4. The lowest BCUT2D eigenvalue weighted by Crippen LogP contribution is -1.99. The largest absolute Gasteiger partial charge is 0.382 e. The van der Waals surface area contributed by atoms with Crippen molar-refractivity contribution >= 4 is 27.5 Å². The molecular weight excluding hydrogens is 278 g/mol. The van der Waals surface area contributed by atoms with Gasteiger partial charge in [0, 0.05) is 21.8 Å². The molecule has 2 aromatic rings. The van der Waals surface area contributed by atoms with Crippen LogP contribution in [0.3, 0.4) is 0 Å². The monoisotopic (exact) mass is 287 g/mol. The number of hydrogen-bond donors (Lipinski definition) is 3. The average Bonchev–Trinajstić information content (AvgIpc) is 2.58.